The quantitative estimate of drug-likeness (QED) is 0.746. The summed E-state index contributed by atoms with van der Waals surface area (Å²) in [5.74, 6) is 1.12. The largest absolute Gasteiger partial charge is 0.333 e. The fourth-order valence-corrected chi connectivity index (χ4v) is 2.09. The van der Waals surface area contributed by atoms with E-state index in [2.05, 4.69) is 86.0 Å². The van der Waals surface area contributed by atoms with Gasteiger partial charge in [0.25, 0.3) is 0 Å². The maximum atomic E-state index is 4.50. The summed E-state index contributed by atoms with van der Waals surface area (Å²) in [5.41, 5.74) is 11.8. The van der Waals surface area contributed by atoms with E-state index < -0.39 is 0 Å². The van der Waals surface area contributed by atoms with E-state index in [4.69, 9.17) is 0 Å². The lowest BCUT2D eigenvalue weighted by Gasteiger charge is -2.20. The topological polar surface area (TPSA) is 52.0 Å². The molecule has 24 heavy (non-hydrogen) atoms. The number of rotatable bonds is 3. The lowest BCUT2D eigenvalue weighted by atomic mass is 9.84. The normalized spacial score (nSPS) is 10.6. The van der Waals surface area contributed by atoms with E-state index in [0.29, 0.717) is 11.8 Å². The monoisotopic (exact) mass is 332 g/mol. The van der Waals surface area contributed by atoms with E-state index in [1.54, 1.807) is 0 Å². The third kappa shape index (κ3) is 11.0. The molecule has 0 heterocycles. The van der Waals surface area contributed by atoms with Crippen LogP contribution in [0.15, 0.2) is 60.7 Å². The molecule has 0 saturated heterocycles. The maximum Gasteiger partial charge on any atom is -0.0124 e. The number of benzene rings is 2. The van der Waals surface area contributed by atoms with Crippen LogP contribution in [-0.4, -0.2) is 14.1 Å². The van der Waals surface area contributed by atoms with Gasteiger partial charge in [-0.05, 0) is 37.1 Å². The van der Waals surface area contributed by atoms with E-state index in [-0.39, 0.29) is 0 Å². The van der Waals surface area contributed by atoms with Gasteiger partial charge >= 0.3 is 0 Å². The zero-order valence-electron chi connectivity index (χ0n) is 17.1. The Morgan fingerprint density at radius 3 is 0.917 bits per heavy atom. The van der Waals surface area contributed by atoms with Gasteiger partial charge in [-0.2, -0.15) is 0 Å². The SMILES string of the molecule is CC.CC.CC(c1ccccc1)C(C)c1ccccc1.CN.CN. The van der Waals surface area contributed by atoms with Gasteiger partial charge < -0.3 is 11.5 Å². The van der Waals surface area contributed by atoms with E-state index in [0.717, 1.165) is 0 Å². The summed E-state index contributed by atoms with van der Waals surface area (Å²) in [6, 6.07) is 21.5. The minimum absolute atomic E-state index is 0.559. The molecule has 0 aromatic heterocycles. The lowest BCUT2D eigenvalue weighted by Crippen LogP contribution is -2.04. The van der Waals surface area contributed by atoms with Crippen LogP contribution >= 0.6 is 0 Å². The first-order valence-electron chi connectivity index (χ1n) is 9.04. The zero-order chi connectivity index (χ0) is 19.4. The van der Waals surface area contributed by atoms with E-state index >= 15 is 0 Å². The Kier molecular flexibility index (Phi) is 24.2. The fourth-order valence-electron chi connectivity index (χ4n) is 2.09. The van der Waals surface area contributed by atoms with Gasteiger partial charge in [0.05, 0.1) is 0 Å². The Bertz CT molecular complexity index is 383. The fraction of sp³-hybridized carbons (Fsp3) is 0.455. The van der Waals surface area contributed by atoms with Crippen LogP contribution < -0.4 is 11.5 Å². The summed E-state index contributed by atoms with van der Waals surface area (Å²) in [4.78, 5) is 0. The second kappa shape index (κ2) is 21.4. The Labute approximate surface area is 151 Å². The van der Waals surface area contributed by atoms with Crippen molar-refractivity contribution in [1.29, 1.82) is 0 Å². The zero-order valence-corrected chi connectivity index (χ0v) is 17.1. The van der Waals surface area contributed by atoms with Crippen molar-refractivity contribution >= 4 is 0 Å². The molecule has 0 bridgehead atoms. The lowest BCUT2D eigenvalue weighted by molar-refractivity contribution is 0.624. The van der Waals surface area contributed by atoms with Gasteiger partial charge in [-0.1, -0.05) is 102 Å². The van der Waals surface area contributed by atoms with Gasteiger partial charge in [0, 0.05) is 0 Å². The molecule has 2 unspecified atom stereocenters. The van der Waals surface area contributed by atoms with Crippen LogP contribution in [-0.2, 0) is 0 Å². The summed E-state index contributed by atoms with van der Waals surface area (Å²) in [6.45, 7) is 12.6. The molecular formula is C22H40N2. The van der Waals surface area contributed by atoms with E-state index in [1.807, 2.05) is 27.7 Å². The predicted octanol–water partition coefficient (Wildman–Crippen LogP) is 5.80. The second-order valence-electron chi connectivity index (χ2n) is 4.40. The van der Waals surface area contributed by atoms with Crippen molar-refractivity contribution in [2.24, 2.45) is 11.5 Å². The first kappa shape index (κ1) is 27.2. The highest BCUT2D eigenvalue weighted by atomic mass is 14.4. The highest BCUT2D eigenvalue weighted by molar-refractivity contribution is 5.27. The Morgan fingerprint density at radius 2 is 0.708 bits per heavy atom. The second-order valence-corrected chi connectivity index (χ2v) is 4.40. The molecular weight excluding hydrogens is 292 g/mol. The average Bonchev–Trinajstić information content (AvgIpc) is 2.74. The molecule has 2 heteroatoms. The molecule has 2 aromatic rings. The molecule has 4 N–H and O–H groups in total. The maximum absolute atomic E-state index is 4.50. The van der Waals surface area contributed by atoms with E-state index in [9.17, 15) is 0 Å². The van der Waals surface area contributed by atoms with Gasteiger partial charge in [-0.15, -0.1) is 0 Å². The summed E-state index contributed by atoms with van der Waals surface area (Å²) in [6.07, 6.45) is 0. The Hall–Kier alpha value is -1.64. The van der Waals surface area contributed by atoms with Gasteiger partial charge in [0.1, 0.15) is 0 Å². The van der Waals surface area contributed by atoms with Gasteiger partial charge in [0.15, 0.2) is 0 Å². The van der Waals surface area contributed by atoms with Gasteiger partial charge in [-0.3, -0.25) is 0 Å². The van der Waals surface area contributed by atoms with Crippen molar-refractivity contribution in [3.05, 3.63) is 71.8 Å². The molecule has 0 saturated carbocycles. The summed E-state index contributed by atoms with van der Waals surface area (Å²) < 4.78 is 0. The molecule has 2 nitrogen and oxygen atoms in total. The summed E-state index contributed by atoms with van der Waals surface area (Å²) in [7, 11) is 3.00. The number of nitrogens with two attached hydrogens (primary N) is 2. The van der Waals surface area contributed by atoms with Crippen molar-refractivity contribution in [1.82, 2.24) is 0 Å². The van der Waals surface area contributed by atoms with Crippen LogP contribution in [0.2, 0.25) is 0 Å². The van der Waals surface area contributed by atoms with Crippen LogP contribution in [0.3, 0.4) is 0 Å². The Balaban J connectivity index is -0.000000484. The minimum Gasteiger partial charge on any atom is -0.333 e. The van der Waals surface area contributed by atoms with Crippen molar-refractivity contribution in [3.63, 3.8) is 0 Å². The van der Waals surface area contributed by atoms with Crippen LogP contribution in [0.25, 0.3) is 0 Å². The smallest absolute Gasteiger partial charge is 0.0124 e. The average molecular weight is 333 g/mol. The van der Waals surface area contributed by atoms with Crippen molar-refractivity contribution in [2.75, 3.05) is 14.1 Å². The molecule has 2 aromatic carbocycles. The van der Waals surface area contributed by atoms with Gasteiger partial charge in [-0.25, -0.2) is 0 Å². The first-order valence-corrected chi connectivity index (χ1v) is 9.04. The molecule has 0 spiro atoms. The van der Waals surface area contributed by atoms with Crippen molar-refractivity contribution in [3.8, 4) is 0 Å². The highest BCUT2D eigenvalue weighted by Gasteiger charge is 2.15. The van der Waals surface area contributed by atoms with Crippen LogP contribution in [0.5, 0.6) is 0 Å². The molecule has 0 fully saturated rings. The van der Waals surface area contributed by atoms with Crippen LogP contribution in [0.1, 0.15) is 64.5 Å². The summed E-state index contributed by atoms with van der Waals surface area (Å²) in [5, 5.41) is 0. The molecule has 0 aliphatic heterocycles. The summed E-state index contributed by atoms with van der Waals surface area (Å²) >= 11 is 0. The first-order chi connectivity index (χ1) is 11.8. The van der Waals surface area contributed by atoms with Crippen LogP contribution in [0.4, 0.5) is 0 Å². The van der Waals surface area contributed by atoms with E-state index in [1.165, 1.54) is 25.2 Å². The van der Waals surface area contributed by atoms with Gasteiger partial charge in [0.2, 0.25) is 0 Å². The molecule has 0 radical (unpaired) electrons. The molecule has 138 valence electrons. The standard InChI is InChI=1S/C16H18.2C2H6.2CH5N/c1-13(15-9-5-3-6-10-15)14(2)16-11-7-4-8-12-16;4*1-2/h3-14H,1-2H3;2*1-2H3;2*2H2,1H3. The number of hydrogen-bond acceptors (Lipinski definition) is 2. The Morgan fingerprint density at radius 1 is 0.500 bits per heavy atom. The third-order valence-electron chi connectivity index (χ3n) is 3.40. The van der Waals surface area contributed by atoms with Crippen molar-refractivity contribution in [2.45, 2.75) is 53.4 Å². The molecule has 0 aliphatic carbocycles. The predicted molar refractivity (Wildman–Crippen MR) is 113 cm³/mol. The molecule has 2 atom stereocenters. The molecule has 0 aliphatic rings. The van der Waals surface area contributed by atoms with Crippen molar-refractivity contribution < 1.29 is 0 Å². The molecule has 0 amide bonds. The third-order valence-corrected chi connectivity index (χ3v) is 3.40. The number of hydrogen-bond donors (Lipinski definition) is 2. The molecule has 2 rings (SSSR count). The minimum atomic E-state index is 0.559. The highest BCUT2D eigenvalue weighted by Crippen LogP contribution is 2.31. The van der Waals surface area contributed by atoms with Crippen LogP contribution in [0, 0.1) is 0 Å².